The average molecular weight is 373 g/mol. The van der Waals surface area contributed by atoms with Gasteiger partial charge in [-0.3, -0.25) is 4.79 Å². The van der Waals surface area contributed by atoms with Crippen LogP contribution in [0.4, 0.5) is 9.18 Å². The van der Waals surface area contributed by atoms with Gasteiger partial charge in [-0.15, -0.1) is 0 Å². The predicted molar refractivity (Wildman–Crippen MR) is 86.8 cm³/mol. The van der Waals surface area contributed by atoms with E-state index in [1.54, 1.807) is 6.92 Å². The van der Waals surface area contributed by atoms with Crippen LogP contribution in [-0.4, -0.2) is 69.5 Å². The number of piperazine rings is 1. The minimum absolute atomic E-state index is 0.117. The zero-order valence-electron chi connectivity index (χ0n) is 13.8. The van der Waals surface area contributed by atoms with Crippen LogP contribution in [0.3, 0.4) is 0 Å². The fourth-order valence-corrected chi connectivity index (χ4v) is 3.29. The molecule has 10 heteroatoms. The number of amides is 2. The summed E-state index contributed by atoms with van der Waals surface area (Å²) >= 11 is 0. The molecule has 1 saturated heterocycles. The van der Waals surface area contributed by atoms with Gasteiger partial charge in [-0.2, -0.15) is 0 Å². The molecular formula is C15H20FN3O5S. The molecule has 1 aromatic carbocycles. The zero-order chi connectivity index (χ0) is 18.4. The molecule has 25 heavy (non-hydrogen) atoms. The molecule has 2 rings (SSSR count). The highest BCUT2D eigenvalue weighted by atomic mass is 32.2. The molecule has 1 aliphatic heterocycles. The Hall–Kier alpha value is -2.20. The molecule has 0 radical (unpaired) electrons. The van der Waals surface area contributed by atoms with Crippen LogP contribution in [0.5, 0.6) is 0 Å². The maximum Gasteiger partial charge on any atom is 0.409 e. The van der Waals surface area contributed by atoms with Gasteiger partial charge in [0.1, 0.15) is 5.82 Å². The van der Waals surface area contributed by atoms with Gasteiger partial charge >= 0.3 is 6.09 Å². The number of carbonyl (C=O) groups excluding carboxylic acids is 2. The first kappa shape index (κ1) is 19.1. The zero-order valence-corrected chi connectivity index (χ0v) is 14.6. The van der Waals surface area contributed by atoms with E-state index in [0.717, 1.165) is 24.3 Å². The number of halogens is 1. The highest BCUT2D eigenvalue weighted by molar-refractivity contribution is 7.89. The first-order chi connectivity index (χ1) is 11.8. The van der Waals surface area contributed by atoms with Crippen molar-refractivity contribution in [3.8, 4) is 0 Å². The summed E-state index contributed by atoms with van der Waals surface area (Å²) < 4.78 is 44.1. The molecule has 0 unspecified atom stereocenters. The summed E-state index contributed by atoms with van der Waals surface area (Å²) in [4.78, 5) is 26.6. The number of nitrogens with one attached hydrogen (secondary N) is 1. The summed E-state index contributed by atoms with van der Waals surface area (Å²) in [6, 6.07) is 4.32. The molecule has 1 fully saturated rings. The van der Waals surface area contributed by atoms with Gasteiger partial charge in [0.2, 0.25) is 15.9 Å². The summed E-state index contributed by atoms with van der Waals surface area (Å²) in [5, 5.41) is 0. The monoisotopic (exact) mass is 373 g/mol. The van der Waals surface area contributed by atoms with Crippen molar-refractivity contribution in [2.75, 3.05) is 39.3 Å². The highest BCUT2D eigenvalue weighted by Gasteiger charge is 2.25. The minimum atomic E-state index is -3.89. The Morgan fingerprint density at radius 1 is 1.12 bits per heavy atom. The van der Waals surface area contributed by atoms with Crippen LogP contribution in [0, 0.1) is 5.82 Å². The number of hydrogen-bond acceptors (Lipinski definition) is 5. The van der Waals surface area contributed by atoms with Gasteiger partial charge in [-0.05, 0) is 31.2 Å². The van der Waals surface area contributed by atoms with Gasteiger partial charge in [0.15, 0.2) is 0 Å². The Morgan fingerprint density at radius 2 is 1.68 bits per heavy atom. The predicted octanol–water partition coefficient (Wildman–Crippen LogP) is 0.405. The Labute approximate surface area is 145 Å². The normalized spacial score (nSPS) is 15.1. The van der Waals surface area contributed by atoms with Crippen molar-refractivity contribution in [1.29, 1.82) is 0 Å². The topological polar surface area (TPSA) is 96.0 Å². The minimum Gasteiger partial charge on any atom is -0.450 e. The molecule has 138 valence electrons. The van der Waals surface area contributed by atoms with Gasteiger partial charge in [0, 0.05) is 26.2 Å². The Bertz CT molecular complexity index is 715. The van der Waals surface area contributed by atoms with Crippen LogP contribution in [0.25, 0.3) is 0 Å². The quantitative estimate of drug-likeness (QED) is 0.806. The molecule has 1 aromatic rings. The average Bonchev–Trinajstić information content (AvgIpc) is 2.60. The second kappa shape index (κ2) is 8.26. The molecule has 1 heterocycles. The Kier molecular flexibility index (Phi) is 6.32. The van der Waals surface area contributed by atoms with E-state index < -0.39 is 34.4 Å². The molecule has 0 atom stereocenters. The van der Waals surface area contributed by atoms with E-state index in [-0.39, 0.29) is 11.5 Å². The summed E-state index contributed by atoms with van der Waals surface area (Å²) in [6.45, 7) is 2.85. The third kappa shape index (κ3) is 5.13. The molecular weight excluding hydrogens is 353 g/mol. The summed E-state index contributed by atoms with van der Waals surface area (Å²) in [7, 11) is -3.89. The Balaban J connectivity index is 1.85. The van der Waals surface area contributed by atoms with Crippen molar-refractivity contribution in [1.82, 2.24) is 14.5 Å². The first-order valence-corrected chi connectivity index (χ1v) is 9.26. The van der Waals surface area contributed by atoms with Crippen LogP contribution in [-0.2, 0) is 19.6 Å². The van der Waals surface area contributed by atoms with E-state index in [2.05, 4.69) is 4.72 Å². The van der Waals surface area contributed by atoms with Crippen molar-refractivity contribution in [3.05, 3.63) is 30.1 Å². The second-order valence-corrected chi connectivity index (χ2v) is 7.11. The number of nitrogens with zero attached hydrogens (tertiary/aromatic N) is 2. The van der Waals surface area contributed by atoms with Crippen LogP contribution < -0.4 is 4.72 Å². The van der Waals surface area contributed by atoms with Crippen LogP contribution in [0.1, 0.15) is 6.92 Å². The SMILES string of the molecule is CCOC(=O)N1CCN(C(=O)CNS(=O)(=O)c2ccc(F)cc2)CC1. The lowest BCUT2D eigenvalue weighted by Crippen LogP contribution is -2.52. The lowest BCUT2D eigenvalue weighted by atomic mass is 10.3. The van der Waals surface area contributed by atoms with E-state index in [0.29, 0.717) is 26.2 Å². The van der Waals surface area contributed by atoms with Crippen molar-refractivity contribution < 1.29 is 27.1 Å². The van der Waals surface area contributed by atoms with E-state index in [1.807, 2.05) is 0 Å². The molecule has 0 saturated carbocycles. The van der Waals surface area contributed by atoms with E-state index in [4.69, 9.17) is 4.74 Å². The van der Waals surface area contributed by atoms with E-state index in [9.17, 15) is 22.4 Å². The number of hydrogen-bond donors (Lipinski definition) is 1. The molecule has 2 amide bonds. The second-order valence-electron chi connectivity index (χ2n) is 5.35. The number of carbonyl (C=O) groups is 2. The summed E-state index contributed by atoms with van der Waals surface area (Å²) in [5.41, 5.74) is 0. The van der Waals surface area contributed by atoms with Gasteiger partial charge in [0.25, 0.3) is 0 Å². The molecule has 0 bridgehead atoms. The maximum absolute atomic E-state index is 12.9. The van der Waals surface area contributed by atoms with Gasteiger partial charge in [0.05, 0.1) is 18.0 Å². The van der Waals surface area contributed by atoms with E-state index >= 15 is 0 Å². The van der Waals surface area contributed by atoms with Crippen molar-refractivity contribution >= 4 is 22.0 Å². The van der Waals surface area contributed by atoms with Crippen LogP contribution in [0.15, 0.2) is 29.2 Å². The largest absolute Gasteiger partial charge is 0.450 e. The molecule has 1 aliphatic rings. The molecule has 0 aliphatic carbocycles. The number of sulfonamides is 1. The van der Waals surface area contributed by atoms with Gasteiger partial charge in [-0.1, -0.05) is 0 Å². The summed E-state index contributed by atoms with van der Waals surface area (Å²) in [6.07, 6.45) is -0.424. The van der Waals surface area contributed by atoms with E-state index in [1.165, 1.54) is 9.80 Å². The van der Waals surface area contributed by atoms with Crippen LogP contribution in [0.2, 0.25) is 0 Å². The van der Waals surface area contributed by atoms with Gasteiger partial charge in [-0.25, -0.2) is 22.3 Å². The summed E-state index contributed by atoms with van der Waals surface area (Å²) in [5.74, 6) is -0.941. The standard InChI is InChI=1S/C15H20FN3O5S/c1-2-24-15(21)19-9-7-18(8-10-19)14(20)11-17-25(22,23)13-5-3-12(16)4-6-13/h3-6,17H,2,7-11H2,1H3. The van der Waals surface area contributed by atoms with Gasteiger partial charge < -0.3 is 14.5 Å². The maximum atomic E-state index is 12.9. The number of rotatable bonds is 5. The highest BCUT2D eigenvalue weighted by Crippen LogP contribution is 2.10. The molecule has 8 nitrogen and oxygen atoms in total. The number of benzene rings is 1. The first-order valence-electron chi connectivity index (χ1n) is 7.78. The third-order valence-corrected chi connectivity index (χ3v) is 5.11. The molecule has 0 spiro atoms. The third-order valence-electron chi connectivity index (χ3n) is 3.70. The number of ether oxygens (including phenoxy) is 1. The lowest BCUT2D eigenvalue weighted by Gasteiger charge is -2.34. The Morgan fingerprint density at radius 3 is 2.24 bits per heavy atom. The smallest absolute Gasteiger partial charge is 0.409 e. The van der Waals surface area contributed by atoms with Crippen LogP contribution >= 0.6 is 0 Å². The molecule has 0 aromatic heterocycles. The fourth-order valence-electron chi connectivity index (χ4n) is 2.32. The van der Waals surface area contributed by atoms with Crippen molar-refractivity contribution in [2.24, 2.45) is 0 Å². The molecule has 1 N–H and O–H groups in total. The van der Waals surface area contributed by atoms with Crippen molar-refractivity contribution in [2.45, 2.75) is 11.8 Å². The lowest BCUT2D eigenvalue weighted by molar-refractivity contribution is -0.131. The van der Waals surface area contributed by atoms with Crippen molar-refractivity contribution in [3.63, 3.8) is 0 Å². The fraction of sp³-hybridized carbons (Fsp3) is 0.467.